The molecule has 0 saturated carbocycles. The van der Waals surface area contributed by atoms with E-state index >= 15 is 0 Å². The minimum Gasteiger partial charge on any atom is -0.496 e. The molecule has 0 aliphatic heterocycles. The van der Waals surface area contributed by atoms with Gasteiger partial charge in [0.15, 0.2) is 0 Å². The molecule has 78 valence electrons. The van der Waals surface area contributed by atoms with Crippen LogP contribution in [0.15, 0.2) is 6.07 Å². The average Bonchev–Trinajstić information content (AvgIpc) is 2.15. The molecule has 1 rings (SSSR count). The van der Waals surface area contributed by atoms with Crippen LogP contribution in [-0.2, 0) is 6.54 Å². The molecule has 2 N–H and O–H groups in total. The fraction of sp³-hybridized carbons (Fsp3) is 0.375. The fourth-order valence-corrected chi connectivity index (χ4v) is 1.83. The molecule has 0 aliphatic rings. The molecule has 0 aliphatic carbocycles. The Hall–Kier alpha value is -0.500. The summed E-state index contributed by atoms with van der Waals surface area (Å²) in [5.41, 5.74) is 5.72. The first kappa shape index (κ1) is 11.6. The second-order valence-electron chi connectivity index (χ2n) is 2.53. The lowest BCUT2D eigenvalue weighted by Gasteiger charge is -2.10. The molecule has 0 unspecified atom stereocenters. The van der Waals surface area contributed by atoms with Crippen molar-refractivity contribution in [1.82, 2.24) is 4.98 Å². The first-order valence-corrected chi connectivity index (χ1v) is 4.89. The molecule has 1 aromatic rings. The van der Waals surface area contributed by atoms with E-state index < -0.39 is 6.43 Å². The van der Waals surface area contributed by atoms with Crippen LogP contribution < -0.4 is 10.5 Å². The van der Waals surface area contributed by atoms with Crippen molar-refractivity contribution in [1.29, 1.82) is 0 Å². The number of nitrogens with two attached hydrogens (primary N) is 1. The molecular formula is C8H9F2IN2O. The van der Waals surface area contributed by atoms with E-state index in [0.29, 0.717) is 5.69 Å². The van der Waals surface area contributed by atoms with Crippen LogP contribution in [0.1, 0.15) is 17.7 Å². The van der Waals surface area contributed by atoms with Gasteiger partial charge in [0, 0.05) is 12.6 Å². The summed E-state index contributed by atoms with van der Waals surface area (Å²) in [6, 6.07) is 1.43. The van der Waals surface area contributed by atoms with Gasteiger partial charge < -0.3 is 10.5 Å². The summed E-state index contributed by atoms with van der Waals surface area (Å²) in [4.78, 5) is 3.92. The Morgan fingerprint density at radius 3 is 2.71 bits per heavy atom. The summed E-state index contributed by atoms with van der Waals surface area (Å²) in [5, 5.41) is 0. The highest BCUT2D eigenvalue weighted by Gasteiger charge is 2.19. The predicted molar refractivity (Wildman–Crippen MR) is 56.4 cm³/mol. The van der Waals surface area contributed by atoms with Crippen molar-refractivity contribution in [3.8, 4) is 5.75 Å². The molecule has 0 saturated heterocycles. The summed E-state index contributed by atoms with van der Waals surface area (Å²) in [5.74, 6) is 0.139. The maximum Gasteiger partial charge on any atom is 0.269 e. The van der Waals surface area contributed by atoms with E-state index in [1.807, 2.05) is 0 Å². The van der Waals surface area contributed by atoms with Crippen molar-refractivity contribution >= 4 is 22.6 Å². The van der Waals surface area contributed by atoms with Crippen molar-refractivity contribution in [2.45, 2.75) is 13.0 Å². The van der Waals surface area contributed by atoms with Crippen LogP contribution in [0.4, 0.5) is 8.78 Å². The third kappa shape index (κ3) is 2.30. The summed E-state index contributed by atoms with van der Waals surface area (Å²) in [6.07, 6.45) is -2.59. The Morgan fingerprint density at radius 1 is 1.64 bits per heavy atom. The van der Waals surface area contributed by atoms with Gasteiger partial charge >= 0.3 is 0 Å². The predicted octanol–water partition coefficient (Wildman–Crippen LogP) is 2.09. The highest BCUT2D eigenvalue weighted by atomic mass is 127. The molecule has 3 nitrogen and oxygen atoms in total. The monoisotopic (exact) mass is 314 g/mol. The Kier molecular flexibility index (Phi) is 3.99. The summed E-state index contributed by atoms with van der Waals surface area (Å²) in [7, 11) is 1.34. The van der Waals surface area contributed by atoms with Gasteiger partial charge in [0.1, 0.15) is 9.45 Å². The molecule has 0 amide bonds. The van der Waals surface area contributed by atoms with Crippen LogP contribution in [0.25, 0.3) is 0 Å². The van der Waals surface area contributed by atoms with E-state index in [4.69, 9.17) is 10.5 Å². The Bertz CT molecular complexity index is 333. The van der Waals surface area contributed by atoms with Crippen LogP contribution in [0, 0.1) is 3.70 Å². The quantitative estimate of drug-likeness (QED) is 0.686. The van der Waals surface area contributed by atoms with Gasteiger partial charge in [0.05, 0.1) is 18.4 Å². The number of methoxy groups -OCH3 is 1. The fourth-order valence-electron chi connectivity index (χ4n) is 1.02. The molecule has 6 heteroatoms. The van der Waals surface area contributed by atoms with Crippen molar-refractivity contribution in [3.63, 3.8) is 0 Å². The number of ether oxygens (including phenoxy) is 1. The van der Waals surface area contributed by atoms with Crippen LogP contribution in [-0.4, -0.2) is 12.1 Å². The van der Waals surface area contributed by atoms with Crippen molar-refractivity contribution < 1.29 is 13.5 Å². The largest absolute Gasteiger partial charge is 0.496 e. The highest BCUT2D eigenvalue weighted by molar-refractivity contribution is 14.1. The second kappa shape index (κ2) is 4.83. The minimum atomic E-state index is -2.59. The number of hydrogen-bond donors (Lipinski definition) is 1. The summed E-state index contributed by atoms with van der Waals surface area (Å²) in [6.45, 7) is 0.204. The van der Waals surface area contributed by atoms with Crippen LogP contribution in [0.5, 0.6) is 5.75 Å². The van der Waals surface area contributed by atoms with Gasteiger partial charge in [-0.05, 0) is 22.6 Å². The molecule has 0 spiro atoms. The number of nitrogens with zero attached hydrogens (tertiary/aromatic N) is 1. The Balaban J connectivity index is 3.27. The van der Waals surface area contributed by atoms with E-state index in [2.05, 4.69) is 4.98 Å². The van der Waals surface area contributed by atoms with Crippen LogP contribution in [0.2, 0.25) is 0 Å². The van der Waals surface area contributed by atoms with Crippen LogP contribution >= 0.6 is 22.6 Å². The maximum atomic E-state index is 12.6. The average molecular weight is 314 g/mol. The molecule has 0 radical (unpaired) electrons. The number of hydrogen-bond acceptors (Lipinski definition) is 3. The van der Waals surface area contributed by atoms with E-state index in [1.54, 1.807) is 22.6 Å². The van der Waals surface area contributed by atoms with Crippen molar-refractivity contribution in [3.05, 3.63) is 21.0 Å². The lowest BCUT2D eigenvalue weighted by molar-refractivity contribution is 0.145. The van der Waals surface area contributed by atoms with E-state index in [9.17, 15) is 8.78 Å². The second-order valence-corrected chi connectivity index (χ2v) is 3.55. The lowest BCUT2D eigenvalue weighted by atomic mass is 10.2. The maximum absolute atomic E-state index is 12.6. The standard InChI is InChI=1S/C8H9F2IN2O/c1-14-5-2-4(3-12)13-8(11)6(5)7(9)10/h2,7H,3,12H2,1H3. The van der Waals surface area contributed by atoms with E-state index in [1.165, 1.54) is 13.2 Å². The van der Waals surface area contributed by atoms with Gasteiger partial charge in [-0.3, -0.25) is 0 Å². The normalized spacial score (nSPS) is 10.7. The summed E-state index contributed by atoms with van der Waals surface area (Å²) >= 11 is 1.75. The zero-order valence-electron chi connectivity index (χ0n) is 7.43. The van der Waals surface area contributed by atoms with Gasteiger partial charge in [-0.25, -0.2) is 13.8 Å². The summed E-state index contributed by atoms with van der Waals surface area (Å²) < 4.78 is 30.2. The molecular weight excluding hydrogens is 305 g/mol. The third-order valence-corrected chi connectivity index (χ3v) is 2.50. The molecule has 1 heterocycles. The topological polar surface area (TPSA) is 48.1 Å². The van der Waals surface area contributed by atoms with E-state index in [-0.39, 0.29) is 21.6 Å². The molecule has 0 aromatic carbocycles. The first-order valence-electron chi connectivity index (χ1n) is 3.81. The number of pyridine rings is 1. The zero-order valence-corrected chi connectivity index (χ0v) is 9.59. The van der Waals surface area contributed by atoms with Gasteiger partial charge in [0.2, 0.25) is 0 Å². The Labute approximate surface area is 93.8 Å². The van der Waals surface area contributed by atoms with Crippen molar-refractivity contribution in [2.24, 2.45) is 5.73 Å². The SMILES string of the molecule is COc1cc(CN)nc(I)c1C(F)F. The van der Waals surface area contributed by atoms with Crippen LogP contribution in [0.3, 0.4) is 0 Å². The number of alkyl halides is 2. The molecule has 0 atom stereocenters. The van der Waals surface area contributed by atoms with E-state index in [0.717, 1.165) is 0 Å². The van der Waals surface area contributed by atoms with Gasteiger partial charge in [-0.15, -0.1) is 0 Å². The lowest BCUT2D eigenvalue weighted by Crippen LogP contribution is -2.05. The van der Waals surface area contributed by atoms with Gasteiger partial charge in [-0.2, -0.15) is 0 Å². The van der Waals surface area contributed by atoms with Gasteiger partial charge in [0.25, 0.3) is 6.43 Å². The minimum absolute atomic E-state index is 0.139. The third-order valence-electron chi connectivity index (χ3n) is 1.67. The molecule has 0 fully saturated rings. The molecule has 14 heavy (non-hydrogen) atoms. The molecule has 0 bridgehead atoms. The smallest absolute Gasteiger partial charge is 0.269 e. The Morgan fingerprint density at radius 2 is 2.29 bits per heavy atom. The number of aromatic nitrogens is 1. The first-order chi connectivity index (χ1) is 6.60. The number of rotatable bonds is 3. The van der Waals surface area contributed by atoms with Crippen molar-refractivity contribution in [2.75, 3.05) is 7.11 Å². The zero-order chi connectivity index (χ0) is 10.7. The highest BCUT2D eigenvalue weighted by Crippen LogP contribution is 2.32. The number of halogens is 3. The molecule has 1 aromatic heterocycles. The van der Waals surface area contributed by atoms with Gasteiger partial charge in [-0.1, -0.05) is 0 Å².